The number of fused-ring (bicyclic) bond motifs is 1. The number of carbonyl (C=O) groups is 1. The van der Waals surface area contributed by atoms with Gasteiger partial charge in [-0.2, -0.15) is 0 Å². The first-order valence-corrected chi connectivity index (χ1v) is 6.48. The smallest absolute Gasteiger partial charge is 0.248 e. The molecule has 0 saturated carbocycles. The fraction of sp³-hybridized carbons (Fsp3) is 0.125. The zero-order valence-electron chi connectivity index (χ0n) is 13.5. The lowest BCUT2D eigenvalue weighted by Crippen LogP contribution is -2.27. The van der Waals surface area contributed by atoms with Gasteiger partial charge in [0, 0.05) is 27.2 Å². The number of aliphatic imine (C=N–C) groups is 1. The normalized spacial score (nSPS) is 17.4. The summed E-state index contributed by atoms with van der Waals surface area (Å²) in [6, 6.07) is 14.1. The maximum absolute atomic E-state index is 12.3. The molecule has 1 amide bonds. The molecule has 0 unspecified atom stereocenters. The number of hydrogen-bond acceptors (Lipinski definition) is 2. The summed E-state index contributed by atoms with van der Waals surface area (Å²) in [4.78, 5) is 17.5. The third kappa shape index (κ3) is 2.21. The molecule has 20 heavy (non-hydrogen) atoms. The summed E-state index contributed by atoms with van der Waals surface area (Å²) in [5.74, 6) is -0.570. The summed E-state index contributed by atoms with van der Waals surface area (Å²) in [5.41, 5.74) is 2.18. The number of nitrogens with zero attached hydrogens (tertiary/aromatic N) is 2. The first-order valence-electron chi connectivity index (χ1n) is 7.61. The van der Waals surface area contributed by atoms with Crippen molar-refractivity contribution in [3.05, 3.63) is 64.7 Å². The van der Waals surface area contributed by atoms with Crippen LogP contribution in [0.25, 0.3) is 0 Å². The molecule has 0 saturated heterocycles. The van der Waals surface area contributed by atoms with Gasteiger partial charge in [-0.1, -0.05) is 41.9 Å². The van der Waals surface area contributed by atoms with E-state index in [1.54, 1.807) is 18.2 Å². The van der Waals surface area contributed by atoms with Crippen LogP contribution in [0.4, 0.5) is 5.69 Å². The van der Waals surface area contributed by atoms with E-state index in [0.29, 0.717) is 22.0 Å². The first kappa shape index (κ1) is 9.72. The molecule has 2 aromatic rings. The summed E-state index contributed by atoms with van der Waals surface area (Å²) in [6.45, 7) is -2.81. The fourth-order valence-corrected chi connectivity index (χ4v) is 2.34. The Kier molecular flexibility index (Phi) is 2.48. The van der Waals surface area contributed by atoms with E-state index in [9.17, 15) is 4.79 Å². The number of benzene rings is 2. The van der Waals surface area contributed by atoms with Crippen LogP contribution in [0.5, 0.6) is 0 Å². The second-order valence-corrected chi connectivity index (χ2v) is 4.86. The molecular weight excluding hydrogens is 272 g/mol. The van der Waals surface area contributed by atoms with Gasteiger partial charge < -0.3 is 4.90 Å². The van der Waals surface area contributed by atoms with Crippen molar-refractivity contribution in [3.63, 3.8) is 0 Å². The molecule has 0 atom stereocenters. The summed E-state index contributed by atoms with van der Waals surface area (Å²) >= 11 is 6.08. The van der Waals surface area contributed by atoms with E-state index in [1.165, 1.54) is 0 Å². The third-order valence-corrected chi connectivity index (χ3v) is 3.36. The van der Waals surface area contributed by atoms with Gasteiger partial charge in [-0.3, -0.25) is 9.79 Å². The lowest BCUT2D eigenvalue weighted by atomic mass is 10.0. The Morgan fingerprint density at radius 2 is 2.05 bits per heavy atom. The average molecular weight is 288 g/mol. The van der Waals surface area contributed by atoms with Crippen molar-refractivity contribution in [2.75, 3.05) is 18.4 Å². The van der Waals surface area contributed by atoms with E-state index in [4.69, 9.17) is 15.7 Å². The van der Waals surface area contributed by atoms with Crippen molar-refractivity contribution in [2.45, 2.75) is 0 Å². The fourth-order valence-electron chi connectivity index (χ4n) is 2.17. The largest absolute Gasteiger partial charge is 0.313 e. The minimum Gasteiger partial charge on any atom is -0.313 e. The van der Waals surface area contributed by atoms with Gasteiger partial charge in [0.2, 0.25) is 5.91 Å². The monoisotopic (exact) mass is 287 g/mol. The van der Waals surface area contributed by atoms with Gasteiger partial charge >= 0.3 is 0 Å². The van der Waals surface area contributed by atoms with Gasteiger partial charge in [-0.25, -0.2) is 0 Å². The van der Waals surface area contributed by atoms with Crippen LogP contribution in [0.3, 0.4) is 0 Å². The maximum atomic E-state index is 12.3. The van der Waals surface area contributed by atoms with Gasteiger partial charge in [0.1, 0.15) is 6.54 Å². The van der Waals surface area contributed by atoms with Gasteiger partial charge in [0.05, 0.1) is 11.4 Å². The van der Waals surface area contributed by atoms with Crippen LogP contribution in [0.1, 0.15) is 15.2 Å². The number of hydrogen-bond donors (Lipinski definition) is 0. The molecule has 1 aliphatic rings. The summed E-state index contributed by atoms with van der Waals surface area (Å²) in [5, 5.41) is 0.451. The number of likely N-dealkylation sites (N-methyl/N-ethyl adjacent to an activating group) is 1. The highest BCUT2D eigenvalue weighted by Crippen LogP contribution is 2.28. The van der Waals surface area contributed by atoms with Crippen LogP contribution < -0.4 is 4.90 Å². The lowest BCUT2D eigenvalue weighted by Gasteiger charge is -2.18. The standard InChI is InChI=1S/C16H13ClN2O/c1-19-14-8-7-12(17)9-13(14)16(18-10-15(19)20)11-5-3-2-4-6-11/h2-9H,10H2,1H3/i1D3. The molecule has 1 aliphatic heterocycles. The van der Waals surface area contributed by atoms with E-state index in [-0.39, 0.29) is 6.54 Å². The number of rotatable bonds is 1. The maximum Gasteiger partial charge on any atom is 0.248 e. The molecular formula is C16H13ClN2O. The number of amides is 1. The highest BCUT2D eigenvalue weighted by atomic mass is 35.5. The van der Waals surface area contributed by atoms with E-state index in [0.717, 1.165) is 10.5 Å². The topological polar surface area (TPSA) is 32.7 Å². The predicted octanol–water partition coefficient (Wildman–Crippen LogP) is 3.15. The Bertz CT molecular complexity index is 788. The highest BCUT2D eigenvalue weighted by Gasteiger charge is 2.22. The van der Waals surface area contributed by atoms with E-state index in [1.807, 2.05) is 30.3 Å². The van der Waals surface area contributed by atoms with Gasteiger partial charge in [-0.15, -0.1) is 0 Å². The van der Waals surface area contributed by atoms with E-state index < -0.39 is 12.9 Å². The van der Waals surface area contributed by atoms with Crippen LogP contribution in [0.2, 0.25) is 5.02 Å². The molecule has 0 spiro atoms. The minimum atomic E-state index is -2.58. The third-order valence-electron chi connectivity index (χ3n) is 3.12. The van der Waals surface area contributed by atoms with Crippen LogP contribution in [0.15, 0.2) is 53.5 Å². The van der Waals surface area contributed by atoms with Gasteiger partial charge in [0.15, 0.2) is 0 Å². The van der Waals surface area contributed by atoms with Crippen LogP contribution in [-0.4, -0.2) is 25.1 Å². The zero-order chi connectivity index (χ0) is 16.6. The van der Waals surface area contributed by atoms with Crippen LogP contribution in [-0.2, 0) is 4.79 Å². The van der Waals surface area contributed by atoms with Crippen molar-refractivity contribution in [2.24, 2.45) is 4.99 Å². The molecule has 0 aromatic heterocycles. The number of carbonyl (C=O) groups excluding carboxylic acids is 1. The van der Waals surface area contributed by atoms with Crippen molar-refractivity contribution < 1.29 is 8.91 Å². The molecule has 3 nitrogen and oxygen atoms in total. The molecule has 1 heterocycles. The second-order valence-electron chi connectivity index (χ2n) is 4.42. The molecule has 0 bridgehead atoms. The van der Waals surface area contributed by atoms with E-state index >= 15 is 0 Å². The van der Waals surface area contributed by atoms with Crippen LogP contribution in [0, 0.1) is 0 Å². The highest BCUT2D eigenvalue weighted by molar-refractivity contribution is 6.32. The van der Waals surface area contributed by atoms with Gasteiger partial charge in [0.25, 0.3) is 0 Å². The molecule has 4 heteroatoms. The SMILES string of the molecule is [2H]C([2H])([2H])N1C(=O)CN=C(c2ccccc2)c2cc(Cl)ccc21. The van der Waals surface area contributed by atoms with E-state index in [2.05, 4.69) is 4.99 Å². The lowest BCUT2D eigenvalue weighted by molar-refractivity contribution is -0.116. The zero-order valence-corrected chi connectivity index (χ0v) is 11.3. The summed E-state index contributed by atoms with van der Waals surface area (Å²) < 4.78 is 23.0. The first-order chi connectivity index (χ1) is 10.9. The van der Waals surface area contributed by atoms with Crippen molar-refractivity contribution in [3.8, 4) is 0 Å². The average Bonchev–Trinajstić information content (AvgIpc) is 2.63. The molecule has 100 valence electrons. The molecule has 0 fully saturated rings. The van der Waals surface area contributed by atoms with Crippen molar-refractivity contribution in [1.82, 2.24) is 0 Å². The molecule has 2 aromatic carbocycles. The van der Waals surface area contributed by atoms with Gasteiger partial charge in [-0.05, 0) is 18.2 Å². The Morgan fingerprint density at radius 3 is 2.80 bits per heavy atom. The summed E-state index contributed by atoms with van der Waals surface area (Å²) in [6.07, 6.45) is 0. The number of halogens is 1. The Morgan fingerprint density at radius 1 is 1.25 bits per heavy atom. The molecule has 0 aliphatic carbocycles. The number of anilines is 1. The quantitative estimate of drug-likeness (QED) is 0.793. The predicted molar refractivity (Wildman–Crippen MR) is 81.8 cm³/mol. The molecule has 0 N–H and O–H groups in total. The Labute approximate surface area is 126 Å². The molecule has 0 radical (unpaired) electrons. The van der Waals surface area contributed by atoms with Crippen LogP contribution >= 0.6 is 11.6 Å². The second kappa shape index (κ2) is 5.10. The van der Waals surface area contributed by atoms with Crippen molar-refractivity contribution >= 4 is 28.9 Å². The Balaban J connectivity index is 2.25. The Hall–Kier alpha value is -2.13. The summed E-state index contributed by atoms with van der Waals surface area (Å²) in [7, 11) is 0. The minimum absolute atomic E-state index is 0.227. The number of benzodiazepines with no additional fused rings is 1. The van der Waals surface area contributed by atoms with Crippen molar-refractivity contribution in [1.29, 1.82) is 0 Å². The molecule has 3 rings (SSSR count).